The molecule has 1 aromatic carbocycles. The summed E-state index contributed by atoms with van der Waals surface area (Å²) in [6.07, 6.45) is 0.192. The first-order valence-electron chi connectivity index (χ1n) is 5.62. The molecule has 1 N–H and O–H groups in total. The average molecular weight is 258 g/mol. The van der Waals surface area contributed by atoms with Crippen molar-refractivity contribution in [2.75, 3.05) is 5.88 Å². The van der Waals surface area contributed by atoms with Gasteiger partial charge in [0.1, 0.15) is 5.82 Å². The first-order chi connectivity index (χ1) is 8.02. The summed E-state index contributed by atoms with van der Waals surface area (Å²) in [6, 6.07) is 6.09. The van der Waals surface area contributed by atoms with Gasteiger partial charge in [-0.2, -0.15) is 0 Å². The van der Waals surface area contributed by atoms with Crippen LogP contribution < -0.4 is 5.32 Å². The van der Waals surface area contributed by atoms with E-state index >= 15 is 0 Å². The molecule has 94 valence electrons. The lowest BCUT2D eigenvalue weighted by Crippen LogP contribution is -2.38. The van der Waals surface area contributed by atoms with Crippen LogP contribution in [0.15, 0.2) is 24.3 Å². The van der Waals surface area contributed by atoms with Gasteiger partial charge in [0.25, 0.3) is 0 Å². The molecule has 0 bridgehead atoms. The Morgan fingerprint density at radius 1 is 1.47 bits per heavy atom. The fourth-order valence-corrected chi connectivity index (χ4v) is 1.68. The van der Waals surface area contributed by atoms with Gasteiger partial charge in [0.15, 0.2) is 0 Å². The molecule has 0 aliphatic heterocycles. The van der Waals surface area contributed by atoms with Crippen molar-refractivity contribution in [1.82, 2.24) is 5.32 Å². The zero-order valence-electron chi connectivity index (χ0n) is 10.0. The van der Waals surface area contributed by atoms with Crippen molar-refractivity contribution in [3.63, 3.8) is 0 Å². The van der Waals surface area contributed by atoms with E-state index in [0.29, 0.717) is 11.4 Å². The average Bonchev–Trinajstić information content (AvgIpc) is 2.27. The second-order valence-electron chi connectivity index (χ2n) is 4.29. The third-order valence-electron chi connectivity index (χ3n) is 2.74. The Labute approximate surface area is 106 Å². The minimum absolute atomic E-state index is 0.0218. The summed E-state index contributed by atoms with van der Waals surface area (Å²) < 4.78 is 12.9. The van der Waals surface area contributed by atoms with Crippen LogP contribution in [0.25, 0.3) is 0 Å². The van der Waals surface area contributed by atoms with Gasteiger partial charge >= 0.3 is 0 Å². The van der Waals surface area contributed by atoms with Gasteiger partial charge in [0.2, 0.25) is 5.91 Å². The van der Waals surface area contributed by atoms with Gasteiger partial charge in [-0.15, -0.1) is 11.6 Å². The smallest absolute Gasteiger partial charge is 0.224 e. The Bertz CT molecular complexity index is 383. The highest BCUT2D eigenvalue weighted by molar-refractivity contribution is 6.18. The van der Waals surface area contributed by atoms with Crippen LogP contribution in [0.1, 0.15) is 19.4 Å². The predicted molar refractivity (Wildman–Crippen MR) is 67.6 cm³/mol. The van der Waals surface area contributed by atoms with Crippen LogP contribution in [0.2, 0.25) is 0 Å². The monoisotopic (exact) mass is 257 g/mol. The first-order valence-corrected chi connectivity index (χ1v) is 6.16. The van der Waals surface area contributed by atoms with Crippen LogP contribution in [0.4, 0.5) is 4.39 Å². The predicted octanol–water partition coefficient (Wildman–Crippen LogP) is 2.75. The molecule has 0 spiro atoms. The molecule has 2 atom stereocenters. The minimum atomic E-state index is -0.322. The summed E-state index contributed by atoms with van der Waals surface area (Å²) in [5.74, 6) is 0.284. The number of halogens is 2. The number of amides is 1. The van der Waals surface area contributed by atoms with E-state index in [4.69, 9.17) is 11.6 Å². The Kier molecular flexibility index (Phi) is 5.42. The molecule has 2 nitrogen and oxygen atoms in total. The fraction of sp³-hybridized carbons (Fsp3) is 0.462. The van der Waals surface area contributed by atoms with Gasteiger partial charge in [-0.3, -0.25) is 4.79 Å². The Hall–Kier alpha value is -1.09. The van der Waals surface area contributed by atoms with E-state index in [-0.39, 0.29) is 30.1 Å². The molecular formula is C13H17ClFNO. The minimum Gasteiger partial charge on any atom is -0.353 e. The van der Waals surface area contributed by atoms with E-state index in [0.717, 1.165) is 0 Å². The van der Waals surface area contributed by atoms with Crippen molar-refractivity contribution in [3.05, 3.63) is 35.6 Å². The topological polar surface area (TPSA) is 29.1 Å². The zero-order valence-corrected chi connectivity index (χ0v) is 10.8. The van der Waals surface area contributed by atoms with Gasteiger partial charge in [0.05, 0.1) is 6.42 Å². The Morgan fingerprint density at radius 2 is 2.18 bits per heavy atom. The number of nitrogens with one attached hydrogen (secondary N) is 1. The highest BCUT2D eigenvalue weighted by atomic mass is 35.5. The van der Waals surface area contributed by atoms with Crippen molar-refractivity contribution >= 4 is 17.5 Å². The largest absolute Gasteiger partial charge is 0.353 e. The molecule has 0 radical (unpaired) electrons. The van der Waals surface area contributed by atoms with E-state index < -0.39 is 0 Å². The molecule has 17 heavy (non-hydrogen) atoms. The molecule has 0 fully saturated rings. The molecule has 0 saturated heterocycles. The van der Waals surface area contributed by atoms with Crippen molar-refractivity contribution in [2.45, 2.75) is 26.3 Å². The van der Waals surface area contributed by atoms with Gasteiger partial charge in [-0.25, -0.2) is 4.39 Å². The van der Waals surface area contributed by atoms with Gasteiger partial charge in [0, 0.05) is 11.9 Å². The highest BCUT2D eigenvalue weighted by Gasteiger charge is 2.14. The zero-order chi connectivity index (χ0) is 12.8. The number of alkyl halides is 1. The van der Waals surface area contributed by atoms with E-state index in [1.165, 1.54) is 12.1 Å². The van der Waals surface area contributed by atoms with E-state index in [9.17, 15) is 9.18 Å². The van der Waals surface area contributed by atoms with E-state index in [2.05, 4.69) is 5.32 Å². The number of hydrogen-bond donors (Lipinski definition) is 1. The molecule has 4 heteroatoms. The maximum Gasteiger partial charge on any atom is 0.224 e. The fourth-order valence-electron chi connectivity index (χ4n) is 1.41. The number of benzene rings is 1. The number of rotatable bonds is 5. The lowest BCUT2D eigenvalue weighted by atomic mass is 10.1. The van der Waals surface area contributed by atoms with Gasteiger partial charge in [-0.05, 0) is 30.5 Å². The maximum absolute atomic E-state index is 12.9. The summed E-state index contributed by atoms with van der Waals surface area (Å²) in [5.41, 5.74) is 0.674. The summed E-state index contributed by atoms with van der Waals surface area (Å²) >= 11 is 5.71. The molecule has 0 aliphatic carbocycles. The summed E-state index contributed by atoms with van der Waals surface area (Å²) in [5, 5.41) is 2.85. The maximum atomic E-state index is 12.9. The SMILES string of the molecule is CC(CCl)C(C)NC(=O)Cc1cccc(F)c1. The van der Waals surface area contributed by atoms with Crippen LogP contribution >= 0.6 is 11.6 Å². The van der Waals surface area contributed by atoms with E-state index in [1.807, 2.05) is 13.8 Å². The molecule has 0 aromatic heterocycles. The molecule has 1 aromatic rings. The highest BCUT2D eigenvalue weighted by Crippen LogP contribution is 2.07. The molecule has 0 heterocycles. The molecule has 0 saturated carbocycles. The molecular weight excluding hydrogens is 241 g/mol. The van der Waals surface area contributed by atoms with Crippen molar-refractivity contribution in [2.24, 2.45) is 5.92 Å². The van der Waals surface area contributed by atoms with Crippen molar-refractivity contribution < 1.29 is 9.18 Å². The Morgan fingerprint density at radius 3 is 2.76 bits per heavy atom. The Balaban J connectivity index is 2.50. The van der Waals surface area contributed by atoms with Gasteiger partial charge < -0.3 is 5.32 Å². The standard InChI is InChI=1S/C13H17ClFNO/c1-9(8-14)10(2)16-13(17)7-11-4-3-5-12(15)6-11/h3-6,9-10H,7-8H2,1-2H3,(H,16,17). The third kappa shape index (κ3) is 4.73. The van der Waals surface area contributed by atoms with Crippen LogP contribution in [-0.4, -0.2) is 17.8 Å². The lowest BCUT2D eigenvalue weighted by Gasteiger charge is -2.19. The normalized spacial score (nSPS) is 14.1. The van der Waals surface area contributed by atoms with Crippen molar-refractivity contribution in [1.29, 1.82) is 0 Å². The van der Waals surface area contributed by atoms with Crippen LogP contribution in [0.3, 0.4) is 0 Å². The molecule has 1 amide bonds. The van der Waals surface area contributed by atoms with Crippen LogP contribution in [0, 0.1) is 11.7 Å². The van der Waals surface area contributed by atoms with Gasteiger partial charge in [-0.1, -0.05) is 19.1 Å². The van der Waals surface area contributed by atoms with E-state index in [1.54, 1.807) is 12.1 Å². The van der Waals surface area contributed by atoms with Crippen LogP contribution in [0.5, 0.6) is 0 Å². The summed E-state index contributed by atoms with van der Waals surface area (Å²) in [6.45, 7) is 3.89. The summed E-state index contributed by atoms with van der Waals surface area (Å²) in [4.78, 5) is 11.7. The quantitative estimate of drug-likeness (QED) is 0.808. The van der Waals surface area contributed by atoms with Crippen molar-refractivity contribution in [3.8, 4) is 0 Å². The molecule has 2 unspecified atom stereocenters. The first kappa shape index (κ1) is 14.0. The molecule has 0 aliphatic rings. The second kappa shape index (κ2) is 6.60. The number of carbonyl (C=O) groups is 1. The van der Waals surface area contributed by atoms with Crippen LogP contribution in [-0.2, 0) is 11.2 Å². The summed E-state index contributed by atoms with van der Waals surface area (Å²) in [7, 11) is 0. The second-order valence-corrected chi connectivity index (χ2v) is 4.60. The number of hydrogen-bond acceptors (Lipinski definition) is 1. The third-order valence-corrected chi connectivity index (χ3v) is 3.23. The molecule has 1 rings (SSSR count). The number of carbonyl (C=O) groups excluding carboxylic acids is 1. The lowest BCUT2D eigenvalue weighted by molar-refractivity contribution is -0.121.